The maximum atomic E-state index is 11.9. The summed E-state index contributed by atoms with van der Waals surface area (Å²) in [5.41, 5.74) is 1.34. The summed E-state index contributed by atoms with van der Waals surface area (Å²) in [6.45, 7) is 5.84. The summed E-state index contributed by atoms with van der Waals surface area (Å²) in [5, 5.41) is 5.52. The zero-order chi connectivity index (χ0) is 14.8. The van der Waals surface area contributed by atoms with E-state index in [1.165, 1.54) is 0 Å². The van der Waals surface area contributed by atoms with Crippen LogP contribution in [0, 0.1) is 0 Å². The Balaban J connectivity index is 1.86. The zero-order valence-corrected chi connectivity index (χ0v) is 12.0. The Morgan fingerprint density at radius 2 is 2.05 bits per heavy atom. The summed E-state index contributed by atoms with van der Waals surface area (Å²) < 4.78 is 5.15. The minimum atomic E-state index is -0.512. The summed E-state index contributed by atoms with van der Waals surface area (Å²) >= 11 is 0. The lowest BCUT2D eigenvalue weighted by Gasteiger charge is -2.20. The fourth-order valence-electron chi connectivity index (χ4n) is 2.20. The molecule has 2 rings (SSSR count). The highest BCUT2D eigenvalue weighted by atomic mass is 16.6. The van der Waals surface area contributed by atoms with E-state index < -0.39 is 11.7 Å². The Labute approximate surface area is 118 Å². The van der Waals surface area contributed by atoms with Crippen LogP contribution in [0.5, 0.6) is 0 Å². The van der Waals surface area contributed by atoms with Crippen molar-refractivity contribution < 1.29 is 14.3 Å². The average Bonchev–Trinajstić information content (AvgIpc) is 2.64. The molecule has 1 aromatic rings. The lowest BCUT2D eigenvalue weighted by atomic mass is 9.97. The summed E-state index contributed by atoms with van der Waals surface area (Å²) in [6, 6.07) is 7.62. The van der Waals surface area contributed by atoms with Gasteiger partial charge in [-0.25, -0.2) is 4.79 Å². The van der Waals surface area contributed by atoms with E-state index in [2.05, 4.69) is 10.6 Å². The predicted molar refractivity (Wildman–Crippen MR) is 76.7 cm³/mol. The Kier molecular flexibility index (Phi) is 3.97. The van der Waals surface area contributed by atoms with E-state index in [9.17, 15) is 9.59 Å². The Morgan fingerprint density at radius 3 is 2.75 bits per heavy atom. The molecule has 0 fully saturated rings. The molecule has 0 bridgehead atoms. The molecule has 2 amide bonds. The van der Waals surface area contributed by atoms with Crippen molar-refractivity contribution in [3.8, 4) is 0 Å². The van der Waals surface area contributed by atoms with Gasteiger partial charge in [0.15, 0.2) is 0 Å². The van der Waals surface area contributed by atoms with Gasteiger partial charge in [-0.1, -0.05) is 18.2 Å². The van der Waals surface area contributed by atoms with Gasteiger partial charge in [-0.2, -0.15) is 0 Å². The van der Waals surface area contributed by atoms with Crippen LogP contribution >= 0.6 is 0 Å². The van der Waals surface area contributed by atoms with Gasteiger partial charge in [0.05, 0.1) is 5.92 Å². The number of hydrogen-bond donors (Lipinski definition) is 2. The van der Waals surface area contributed by atoms with Gasteiger partial charge in [-0.15, -0.1) is 0 Å². The molecule has 1 unspecified atom stereocenters. The normalized spacial score (nSPS) is 17.4. The molecule has 1 aliphatic heterocycles. The van der Waals surface area contributed by atoms with Crippen molar-refractivity contribution in [1.29, 1.82) is 0 Å². The molecule has 0 spiro atoms. The summed E-state index contributed by atoms with van der Waals surface area (Å²) in [7, 11) is 0. The van der Waals surface area contributed by atoms with Crippen molar-refractivity contribution in [2.45, 2.75) is 38.7 Å². The number of rotatable bonds is 3. The number of benzene rings is 1. The van der Waals surface area contributed by atoms with E-state index in [-0.39, 0.29) is 11.8 Å². The third-order valence-electron chi connectivity index (χ3n) is 3.01. The van der Waals surface area contributed by atoms with Crippen LogP contribution in [0.1, 0.15) is 38.7 Å². The molecule has 2 N–H and O–H groups in total. The second-order valence-corrected chi connectivity index (χ2v) is 5.85. The maximum absolute atomic E-state index is 11.9. The first kappa shape index (κ1) is 14.4. The number of fused-ring (bicyclic) bond motifs is 1. The quantitative estimate of drug-likeness (QED) is 0.891. The lowest BCUT2D eigenvalue weighted by molar-refractivity contribution is -0.117. The number of para-hydroxylation sites is 1. The van der Waals surface area contributed by atoms with Gasteiger partial charge in [-0.05, 0) is 38.8 Å². The minimum absolute atomic E-state index is 0.0165. The molecule has 5 heteroatoms. The van der Waals surface area contributed by atoms with Gasteiger partial charge < -0.3 is 15.4 Å². The molecule has 108 valence electrons. The van der Waals surface area contributed by atoms with Crippen LogP contribution < -0.4 is 10.6 Å². The van der Waals surface area contributed by atoms with E-state index >= 15 is 0 Å². The van der Waals surface area contributed by atoms with Crippen molar-refractivity contribution in [1.82, 2.24) is 5.32 Å². The third-order valence-corrected chi connectivity index (χ3v) is 3.01. The number of amides is 2. The molecule has 0 aliphatic carbocycles. The van der Waals surface area contributed by atoms with Crippen LogP contribution in [-0.4, -0.2) is 24.1 Å². The van der Waals surface area contributed by atoms with Crippen LogP contribution in [0.3, 0.4) is 0 Å². The zero-order valence-electron chi connectivity index (χ0n) is 12.0. The molecule has 0 saturated heterocycles. The fraction of sp³-hybridized carbons (Fsp3) is 0.467. The van der Waals surface area contributed by atoms with E-state index in [1.807, 2.05) is 45.0 Å². The number of alkyl carbamates (subject to hydrolysis) is 1. The number of carbonyl (C=O) groups excluding carboxylic acids is 2. The number of nitrogens with one attached hydrogen (secondary N) is 2. The minimum Gasteiger partial charge on any atom is -0.444 e. The van der Waals surface area contributed by atoms with Gasteiger partial charge in [0.1, 0.15) is 5.60 Å². The molecular formula is C15H20N2O3. The second kappa shape index (κ2) is 5.53. The van der Waals surface area contributed by atoms with E-state index in [1.54, 1.807) is 0 Å². The molecule has 0 saturated carbocycles. The number of ether oxygens (including phenoxy) is 1. The molecule has 1 heterocycles. The lowest BCUT2D eigenvalue weighted by Crippen LogP contribution is -2.33. The highest BCUT2D eigenvalue weighted by Gasteiger charge is 2.29. The first-order chi connectivity index (χ1) is 9.37. The highest BCUT2D eigenvalue weighted by Crippen LogP contribution is 2.33. The van der Waals surface area contributed by atoms with Crippen LogP contribution in [0.25, 0.3) is 0 Å². The SMILES string of the molecule is CC(C)(C)OC(=O)NCCC1C(=O)Nc2ccccc21. The molecule has 1 atom stereocenters. The van der Waals surface area contributed by atoms with Crippen LogP contribution in [0.4, 0.5) is 10.5 Å². The molecule has 0 radical (unpaired) electrons. The Morgan fingerprint density at radius 1 is 1.35 bits per heavy atom. The number of hydrogen-bond acceptors (Lipinski definition) is 3. The van der Waals surface area contributed by atoms with Crippen LogP contribution in [-0.2, 0) is 9.53 Å². The van der Waals surface area contributed by atoms with Gasteiger partial charge in [0.2, 0.25) is 5.91 Å². The van der Waals surface area contributed by atoms with Crippen LogP contribution in [0.2, 0.25) is 0 Å². The molecule has 1 aliphatic rings. The molecule has 5 nitrogen and oxygen atoms in total. The topological polar surface area (TPSA) is 67.4 Å². The van der Waals surface area contributed by atoms with Gasteiger partial charge in [0, 0.05) is 12.2 Å². The number of anilines is 1. The maximum Gasteiger partial charge on any atom is 0.407 e. The van der Waals surface area contributed by atoms with Gasteiger partial charge in [0.25, 0.3) is 0 Å². The van der Waals surface area contributed by atoms with Crippen molar-refractivity contribution in [2.75, 3.05) is 11.9 Å². The van der Waals surface area contributed by atoms with Gasteiger partial charge >= 0.3 is 6.09 Å². The monoisotopic (exact) mass is 276 g/mol. The molecular weight excluding hydrogens is 256 g/mol. The molecule has 1 aromatic carbocycles. The predicted octanol–water partition coefficient (Wildman–Crippen LogP) is 2.64. The third kappa shape index (κ3) is 3.50. The average molecular weight is 276 g/mol. The van der Waals surface area contributed by atoms with Crippen molar-refractivity contribution >= 4 is 17.7 Å². The summed E-state index contributed by atoms with van der Waals surface area (Å²) in [6.07, 6.45) is 0.103. The van der Waals surface area contributed by atoms with Crippen LogP contribution in [0.15, 0.2) is 24.3 Å². The fourth-order valence-corrected chi connectivity index (χ4v) is 2.20. The van der Waals surface area contributed by atoms with E-state index in [0.717, 1.165) is 11.3 Å². The molecule has 0 aromatic heterocycles. The largest absolute Gasteiger partial charge is 0.444 e. The highest BCUT2D eigenvalue weighted by molar-refractivity contribution is 6.02. The summed E-state index contributed by atoms with van der Waals surface area (Å²) in [5.74, 6) is -0.224. The van der Waals surface area contributed by atoms with E-state index in [0.29, 0.717) is 13.0 Å². The van der Waals surface area contributed by atoms with Crippen molar-refractivity contribution in [3.63, 3.8) is 0 Å². The summed E-state index contributed by atoms with van der Waals surface area (Å²) in [4.78, 5) is 23.4. The first-order valence-electron chi connectivity index (χ1n) is 6.73. The van der Waals surface area contributed by atoms with Crippen molar-refractivity contribution in [2.24, 2.45) is 0 Å². The second-order valence-electron chi connectivity index (χ2n) is 5.85. The Bertz CT molecular complexity index is 520. The Hall–Kier alpha value is -2.04. The van der Waals surface area contributed by atoms with E-state index in [4.69, 9.17) is 4.74 Å². The van der Waals surface area contributed by atoms with Gasteiger partial charge in [-0.3, -0.25) is 4.79 Å². The van der Waals surface area contributed by atoms with Crippen molar-refractivity contribution in [3.05, 3.63) is 29.8 Å². The number of carbonyl (C=O) groups is 2. The standard InChI is InChI=1S/C15H20N2O3/c1-15(2,3)20-14(19)16-9-8-11-10-6-4-5-7-12(10)17-13(11)18/h4-7,11H,8-9H2,1-3H3,(H,16,19)(H,17,18). The smallest absolute Gasteiger partial charge is 0.407 e. The first-order valence-corrected chi connectivity index (χ1v) is 6.73. The molecule has 20 heavy (non-hydrogen) atoms.